The summed E-state index contributed by atoms with van der Waals surface area (Å²) in [6, 6.07) is 10.8. The Hall–Kier alpha value is -3.42. The molecule has 27 heavy (non-hydrogen) atoms. The van der Waals surface area contributed by atoms with Gasteiger partial charge >= 0.3 is 0 Å². The fourth-order valence-corrected chi connectivity index (χ4v) is 2.59. The van der Waals surface area contributed by atoms with E-state index in [1.54, 1.807) is 22.9 Å². The third-order valence-electron chi connectivity index (χ3n) is 4.09. The summed E-state index contributed by atoms with van der Waals surface area (Å²) in [4.78, 5) is 24.1. The van der Waals surface area contributed by atoms with E-state index in [0.29, 0.717) is 23.4 Å². The number of benzene rings is 2. The van der Waals surface area contributed by atoms with E-state index < -0.39 is 11.8 Å². The van der Waals surface area contributed by atoms with Crippen molar-refractivity contribution in [1.82, 2.24) is 25.8 Å². The molecule has 0 unspecified atom stereocenters. The number of aromatic nitrogens is 3. The molecule has 0 aliphatic heterocycles. The van der Waals surface area contributed by atoms with E-state index in [2.05, 4.69) is 21.2 Å². The number of hydrazine groups is 1. The zero-order chi connectivity index (χ0) is 19.4. The second kappa shape index (κ2) is 7.86. The number of amides is 2. The summed E-state index contributed by atoms with van der Waals surface area (Å²) in [5.41, 5.74) is 8.54. The third-order valence-corrected chi connectivity index (χ3v) is 4.09. The molecule has 3 aromatic rings. The Morgan fingerprint density at radius 2 is 1.93 bits per heavy atom. The van der Waals surface area contributed by atoms with Crippen LogP contribution in [0.5, 0.6) is 5.75 Å². The van der Waals surface area contributed by atoms with Gasteiger partial charge in [0.05, 0.1) is 5.52 Å². The van der Waals surface area contributed by atoms with E-state index in [4.69, 9.17) is 4.74 Å². The van der Waals surface area contributed by atoms with Gasteiger partial charge in [0.15, 0.2) is 6.61 Å². The van der Waals surface area contributed by atoms with Gasteiger partial charge in [-0.1, -0.05) is 17.3 Å². The molecule has 0 bridgehead atoms. The molecule has 1 heterocycles. The minimum atomic E-state index is -0.456. The highest BCUT2D eigenvalue weighted by Gasteiger charge is 2.11. The van der Waals surface area contributed by atoms with Crippen LogP contribution in [0.25, 0.3) is 11.0 Å². The van der Waals surface area contributed by atoms with Crippen molar-refractivity contribution >= 4 is 22.8 Å². The first-order valence-corrected chi connectivity index (χ1v) is 8.60. The highest BCUT2D eigenvalue weighted by atomic mass is 16.5. The molecular formula is C19H21N5O3. The quantitative estimate of drug-likeness (QED) is 0.671. The second-order valence-electron chi connectivity index (χ2n) is 6.17. The van der Waals surface area contributed by atoms with Crippen LogP contribution in [0.15, 0.2) is 36.4 Å². The van der Waals surface area contributed by atoms with E-state index in [0.717, 1.165) is 16.6 Å². The Balaban J connectivity index is 1.55. The molecular weight excluding hydrogens is 346 g/mol. The van der Waals surface area contributed by atoms with Crippen molar-refractivity contribution in [2.24, 2.45) is 0 Å². The van der Waals surface area contributed by atoms with Gasteiger partial charge in [0.25, 0.3) is 11.8 Å². The summed E-state index contributed by atoms with van der Waals surface area (Å²) >= 11 is 0. The zero-order valence-electron chi connectivity index (χ0n) is 15.4. The molecule has 8 nitrogen and oxygen atoms in total. The molecule has 0 aliphatic rings. The van der Waals surface area contributed by atoms with Crippen LogP contribution in [-0.4, -0.2) is 33.4 Å². The van der Waals surface area contributed by atoms with Gasteiger partial charge in [0.1, 0.15) is 11.3 Å². The average molecular weight is 367 g/mol. The molecule has 0 aliphatic carbocycles. The second-order valence-corrected chi connectivity index (χ2v) is 6.17. The molecule has 0 radical (unpaired) electrons. The van der Waals surface area contributed by atoms with E-state index in [9.17, 15) is 9.59 Å². The first-order chi connectivity index (χ1) is 13.0. The number of ether oxygens (including phenoxy) is 1. The molecule has 8 heteroatoms. The molecule has 2 N–H and O–H groups in total. The Kier molecular flexibility index (Phi) is 5.35. The Morgan fingerprint density at radius 3 is 2.70 bits per heavy atom. The van der Waals surface area contributed by atoms with Gasteiger partial charge in [-0.2, -0.15) is 0 Å². The highest BCUT2D eigenvalue weighted by Crippen LogP contribution is 2.18. The number of aryl methyl sites for hydroxylation is 3. The molecule has 2 amide bonds. The van der Waals surface area contributed by atoms with Crippen LogP contribution in [-0.2, 0) is 11.3 Å². The van der Waals surface area contributed by atoms with Gasteiger partial charge in [0, 0.05) is 12.1 Å². The lowest BCUT2D eigenvalue weighted by molar-refractivity contribution is -0.123. The normalized spacial score (nSPS) is 10.6. The number of nitrogens with zero attached hydrogens (tertiary/aromatic N) is 3. The maximum Gasteiger partial charge on any atom is 0.276 e. The van der Waals surface area contributed by atoms with Crippen molar-refractivity contribution in [3.8, 4) is 5.75 Å². The molecule has 0 saturated carbocycles. The first-order valence-electron chi connectivity index (χ1n) is 8.60. The largest absolute Gasteiger partial charge is 0.483 e. The molecule has 0 fully saturated rings. The van der Waals surface area contributed by atoms with Crippen LogP contribution >= 0.6 is 0 Å². The molecule has 0 saturated heterocycles. The minimum absolute atomic E-state index is 0.200. The predicted molar refractivity (Wildman–Crippen MR) is 100 cm³/mol. The fourth-order valence-electron chi connectivity index (χ4n) is 2.59. The van der Waals surface area contributed by atoms with Crippen molar-refractivity contribution in [1.29, 1.82) is 0 Å². The Bertz CT molecular complexity index is 996. The maximum absolute atomic E-state index is 12.2. The Labute approximate surface area is 156 Å². The lowest BCUT2D eigenvalue weighted by atomic mass is 10.1. The number of carbonyl (C=O) groups excluding carboxylic acids is 2. The van der Waals surface area contributed by atoms with Gasteiger partial charge in [-0.3, -0.25) is 20.4 Å². The number of carbonyl (C=O) groups is 2. The van der Waals surface area contributed by atoms with Gasteiger partial charge in [-0.15, -0.1) is 5.10 Å². The number of fused-ring (bicyclic) bond motifs is 1. The summed E-state index contributed by atoms with van der Waals surface area (Å²) in [5.74, 6) is -0.258. The van der Waals surface area contributed by atoms with E-state index in [1.807, 2.05) is 39.0 Å². The van der Waals surface area contributed by atoms with Gasteiger partial charge in [-0.25, -0.2) is 4.68 Å². The van der Waals surface area contributed by atoms with Crippen LogP contribution in [0, 0.1) is 13.8 Å². The molecule has 3 rings (SSSR count). The number of rotatable bonds is 5. The van der Waals surface area contributed by atoms with Crippen LogP contribution in [0.4, 0.5) is 0 Å². The van der Waals surface area contributed by atoms with Crippen molar-refractivity contribution in [2.75, 3.05) is 6.61 Å². The summed E-state index contributed by atoms with van der Waals surface area (Å²) in [5, 5.41) is 8.04. The predicted octanol–water partition coefficient (Wildman–Crippen LogP) is 1.91. The van der Waals surface area contributed by atoms with Crippen molar-refractivity contribution in [2.45, 2.75) is 27.3 Å². The average Bonchev–Trinajstić information content (AvgIpc) is 3.09. The first kappa shape index (κ1) is 18.4. The van der Waals surface area contributed by atoms with Crippen LogP contribution in [0.1, 0.15) is 28.4 Å². The standard InChI is InChI=1S/C19H21N5O3/c1-4-24-16-8-7-14(10-15(16)20-23-24)19(26)22-21-18(25)11-27-17-9-12(2)5-6-13(17)3/h5-10H,4,11H2,1-3H3,(H,21,25)(H,22,26). The number of nitrogens with one attached hydrogen (secondary N) is 2. The molecule has 1 aromatic heterocycles. The number of hydrogen-bond acceptors (Lipinski definition) is 5. The lowest BCUT2D eigenvalue weighted by Crippen LogP contribution is -2.43. The van der Waals surface area contributed by atoms with Gasteiger partial charge < -0.3 is 4.74 Å². The molecule has 2 aromatic carbocycles. The topological polar surface area (TPSA) is 98.1 Å². The van der Waals surface area contributed by atoms with E-state index >= 15 is 0 Å². The summed E-state index contributed by atoms with van der Waals surface area (Å²) in [6.45, 7) is 6.30. The van der Waals surface area contributed by atoms with Crippen molar-refractivity contribution in [3.05, 3.63) is 53.1 Å². The molecule has 0 atom stereocenters. The summed E-state index contributed by atoms with van der Waals surface area (Å²) in [6.07, 6.45) is 0. The maximum atomic E-state index is 12.2. The SMILES string of the molecule is CCn1nnc2cc(C(=O)NNC(=O)COc3cc(C)ccc3C)ccc21. The van der Waals surface area contributed by atoms with Crippen LogP contribution < -0.4 is 15.6 Å². The Morgan fingerprint density at radius 1 is 1.11 bits per heavy atom. The van der Waals surface area contributed by atoms with Gasteiger partial charge in [-0.05, 0) is 56.2 Å². The van der Waals surface area contributed by atoms with Crippen LogP contribution in [0.2, 0.25) is 0 Å². The monoisotopic (exact) mass is 367 g/mol. The molecule has 140 valence electrons. The number of hydrogen-bond donors (Lipinski definition) is 2. The third kappa shape index (κ3) is 4.22. The van der Waals surface area contributed by atoms with Crippen LogP contribution in [0.3, 0.4) is 0 Å². The van der Waals surface area contributed by atoms with Crippen molar-refractivity contribution in [3.63, 3.8) is 0 Å². The smallest absolute Gasteiger partial charge is 0.276 e. The lowest BCUT2D eigenvalue weighted by Gasteiger charge is -2.11. The van der Waals surface area contributed by atoms with Crippen molar-refractivity contribution < 1.29 is 14.3 Å². The van der Waals surface area contributed by atoms with E-state index in [-0.39, 0.29) is 6.61 Å². The van der Waals surface area contributed by atoms with E-state index in [1.165, 1.54) is 0 Å². The zero-order valence-corrected chi connectivity index (χ0v) is 15.4. The fraction of sp³-hybridized carbons (Fsp3) is 0.263. The minimum Gasteiger partial charge on any atom is -0.483 e. The summed E-state index contributed by atoms with van der Waals surface area (Å²) < 4.78 is 7.25. The summed E-state index contributed by atoms with van der Waals surface area (Å²) in [7, 11) is 0. The highest BCUT2D eigenvalue weighted by molar-refractivity contribution is 5.98. The molecule has 0 spiro atoms. The van der Waals surface area contributed by atoms with Gasteiger partial charge in [0.2, 0.25) is 0 Å².